The van der Waals surface area contributed by atoms with Gasteiger partial charge < -0.3 is 4.74 Å². The van der Waals surface area contributed by atoms with Gasteiger partial charge in [-0.15, -0.1) is 0 Å². The van der Waals surface area contributed by atoms with E-state index in [0.29, 0.717) is 12.0 Å². The zero-order valence-corrected chi connectivity index (χ0v) is 11.5. The first-order chi connectivity index (χ1) is 9.33. The molecule has 0 spiro atoms. The molecule has 0 aliphatic heterocycles. The first kappa shape index (κ1) is 13.8. The van der Waals surface area contributed by atoms with Gasteiger partial charge >= 0.3 is 0 Å². The Balaban J connectivity index is 1.83. The molecule has 1 aliphatic rings. The quantitative estimate of drug-likeness (QED) is 0.756. The van der Waals surface area contributed by atoms with Crippen LogP contribution in [0, 0.1) is 11.3 Å². The first-order valence-electron chi connectivity index (χ1n) is 7.06. The highest BCUT2D eigenvalue weighted by Crippen LogP contribution is 2.34. The van der Waals surface area contributed by atoms with Crippen LogP contribution >= 0.6 is 0 Å². The summed E-state index contributed by atoms with van der Waals surface area (Å²) in [4.78, 5) is 0. The van der Waals surface area contributed by atoms with E-state index in [1.165, 1.54) is 18.4 Å². The molecule has 0 bridgehead atoms. The van der Waals surface area contributed by atoms with Gasteiger partial charge in [-0.25, -0.2) is 0 Å². The maximum Gasteiger partial charge on any atom is 0.0991 e. The van der Waals surface area contributed by atoms with Crippen molar-refractivity contribution < 1.29 is 4.74 Å². The molecule has 100 valence electrons. The molecule has 0 heterocycles. The Morgan fingerprint density at radius 1 is 1.21 bits per heavy atom. The van der Waals surface area contributed by atoms with Crippen LogP contribution in [0.4, 0.5) is 0 Å². The lowest BCUT2D eigenvalue weighted by molar-refractivity contribution is 0.0422. The highest BCUT2D eigenvalue weighted by Gasteiger charge is 2.22. The van der Waals surface area contributed by atoms with Gasteiger partial charge in [0.15, 0.2) is 0 Å². The van der Waals surface area contributed by atoms with Gasteiger partial charge in [0.05, 0.1) is 24.3 Å². The maximum absolute atomic E-state index is 8.80. The number of hydrogen-bond donors (Lipinski definition) is 0. The highest BCUT2D eigenvalue weighted by atomic mass is 16.5. The molecule has 0 unspecified atom stereocenters. The Labute approximate surface area is 115 Å². The van der Waals surface area contributed by atoms with Gasteiger partial charge in [0, 0.05) is 0 Å². The van der Waals surface area contributed by atoms with Crippen molar-refractivity contribution in [3.05, 3.63) is 47.5 Å². The zero-order valence-electron chi connectivity index (χ0n) is 11.5. The minimum Gasteiger partial charge on any atom is -0.374 e. The van der Waals surface area contributed by atoms with Crippen LogP contribution < -0.4 is 0 Å². The molecule has 1 aromatic rings. The summed E-state index contributed by atoms with van der Waals surface area (Å²) < 4.78 is 5.81. The van der Waals surface area contributed by atoms with Crippen molar-refractivity contribution in [3.8, 4) is 6.07 Å². The second kappa shape index (κ2) is 7.11. The van der Waals surface area contributed by atoms with Crippen LogP contribution in [0.25, 0.3) is 0 Å². The maximum atomic E-state index is 8.80. The van der Waals surface area contributed by atoms with Crippen molar-refractivity contribution in [1.29, 1.82) is 5.26 Å². The lowest BCUT2D eigenvalue weighted by Crippen LogP contribution is -2.20. The SMILES string of the molecule is CC=CCOC1CCC(c2ccc(C#N)cc2)CC1. The Kier molecular flexibility index (Phi) is 5.18. The van der Waals surface area contributed by atoms with E-state index in [1.54, 1.807) is 0 Å². The van der Waals surface area contributed by atoms with Gasteiger partial charge in [0.1, 0.15) is 0 Å². The van der Waals surface area contributed by atoms with E-state index in [-0.39, 0.29) is 0 Å². The number of nitriles is 1. The van der Waals surface area contributed by atoms with Gasteiger partial charge in [-0.1, -0.05) is 24.3 Å². The average Bonchev–Trinajstić information content (AvgIpc) is 2.48. The number of rotatable bonds is 4. The first-order valence-corrected chi connectivity index (χ1v) is 7.06. The van der Waals surface area contributed by atoms with Crippen LogP contribution in [-0.4, -0.2) is 12.7 Å². The summed E-state index contributed by atoms with van der Waals surface area (Å²) in [7, 11) is 0. The van der Waals surface area contributed by atoms with E-state index in [0.717, 1.165) is 25.0 Å². The van der Waals surface area contributed by atoms with Crippen molar-refractivity contribution in [2.75, 3.05) is 6.61 Å². The predicted octanol–water partition coefficient (Wildman–Crippen LogP) is 4.18. The Morgan fingerprint density at radius 3 is 2.47 bits per heavy atom. The zero-order chi connectivity index (χ0) is 13.5. The van der Waals surface area contributed by atoms with Crippen molar-refractivity contribution in [2.24, 2.45) is 0 Å². The second-order valence-electron chi connectivity index (χ2n) is 5.11. The molecule has 19 heavy (non-hydrogen) atoms. The second-order valence-corrected chi connectivity index (χ2v) is 5.11. The molecule has 0 saturated heterocycles. The fourth-order valence-corrected chi connectivity index (χ4v) is 2.68. The van der Waals surface area contributed by atoms with E-state index in [4.69, 9.17) is 10.00 Å². The number of ether oxygens (including phenoxy) is 1. The Morgan fingerprint density at radius 2 is 1.89 bits per heavy atom. The number of benzene rings is 1. The summed E-state index contributed by atoms with van der Waals surface area (Å²) in [6.45, 7) is 2.76. The standard InChI is InChI=1S/C17H21NO/c1-2-3-12-19-17-10-8-16(9-11-17)15-6-4-14(13-18)5-7-15/h2-7,16-17H,8-12H2,1H3. The summed E-state index contributed by atoms with van der Waals surface area (Å²) >= 11 is 0. The summed E-state index contributed by atoms with van der Waals surface area (Å²) in [5, 5.41) is 8.80. The lowest BCUT2D eigenvalue weighted by atomic mass is 9.82. The Bertz CT molecular complexity index is 447. The normalized spacial score (nSPS) is 23.4. The summed E-state index contributed by atoms with van der Waals surface area (Å²) in [6.07, 6.45) is 9.17. The molecule has 0 N–H and O–H groups in total. The van der Waals surface area contributed by atoms with Crippen molar-refractivity contribution in [1.82, 2.24) is 0 Å². The number of allylic oxidation sites excluding steroid dienone is 1. The largest absolute Gasteiger partial charge is 0.374 e. The van der Waals surface area contributed by atoms with E-state index < -0.39 is 0 Å². The molecule has 2 heteroatoms. The van der Waals surface area contributed by atoms with Crippen LogP contribution in [-0.2, 0) is 4.74 Å². The van der Waals surface area contributed by atoms with Gasteiger partial charge in [-0.3, -0.25) is 0 Å². The average molecular weight is 255 g/mol. The van der Waals surface area contributed by atoms with E-state index in [2.05, 4.69) is 24.3 Å². The molecular formula is C17H21NO. The molecular weight excluding hydrogens is 234 g/mol. The summed E-state index contributed by atoms with van der Waals surface area (Å²) in [6, 6.07) is 10.2. The van der Waals surface area contributed by atoms with Gasteiger partial charge in [0.25, 0.3) is 0 Å². The van der Waals surface area contributed by atoms with Crippen LogP contribution in [0.2, 0.25) is 0 Å². The molecule has 1 aliphatic carbocycles. The number of hydrogen-bond acceptors (Lipinski definition) is 2. The minimum absolute atomic E-state index is 0.422. The van der Waals surface area contributed by atoms with Crippen LogP contribution in [0.1, 0.15) is 49.7 Å². The molecule has 0 amide bonds. The fraction of sp³-hybridized carbons (Fsp3) is 0.471. The van der Waals surface area contributed by atoms with Crippen molar-refractivity contribution in [3.63, 3.8) is 0 Å². The topological polar surface area (TPSA) is 33.0 Å². The van der Waals surface area contributed by atoms with Crippen LogP contribution in [0.5, 0.6) is 0 Å². The molecule has 2 rings (SSSR count). The molecule has 1 fully saturated rings. The van der Waals surface area contributed by atoms with E-state index in [9.17, 15) is 0 Å². The third-order valence-corrected chi connectivity index (χ3v) is 3.85. The molecule has 0 radical (unpaired) electrons. The van der Waals surface area contributed by atoms with E-state index in [1.807, 2.05) is 25.1 Å². The van der Waals surface area contributed by atoms with Gasteiger partial charge in [-0.05, 0) is 56.2 Å². The molecule has 0 atom stereocenters. The lowest BCUT2D eigenvalue weighted by Gasteiger charge is -2.28. The molecule has 1 saturated carbocycles. The smallest absolute Gasteiger partial charge is 0.0991 e. The summed E-state index contributed by atoms with van der Waals surface area (Å²) in [5.41, 5.74) is 2.11. The monoisotopic (exact) mass is 255 g/mol. The predicted molar refractivity (Wildman–Crippen MR) is 76.9 cm³/mol. The third-order valence-electron chi connectivity index (χ3n) is 3.85. The Hall–Kier alpha value is -1.59. The van der Waals surface area contributed by atoms with Crippen LogP contribution in [0.15, 0.2) is 36.4 Å². The van der Waals surface area contributed by atoms with Crippen molar-refractivity contribution in [2.45, 2.75) is 44.6 Å². The number of nitrogens with zero attached hydrogens (tertiary/aromatic N) is 1. The van der Waals surface area contributed by atoms with Crippen molar-refractivity contribution >= 4 is 0 Å². The third kappa shape index (κ3) is 3.94. The van der Waals surface area contributed by atoms with E-state index >= 15 is 0 Å². The summed E-state index contributed by atoms with van der Waals surface area (Å²) in [5.74, 6) is 0.634. The van der Waals surface area contributed by atoms with Gasteiger partial charge in [-0.2, -0.15) is 5.26 Å². The van der Waals surface area contributed by atoms with Gasteiger partial charge in [0.2, 0.25) is 0 Å². The molecule has 1 aromatic carbocycles. The van der Waals surface area contributed by atoms with Crippen LogP contribution in [0.3, 0.4) is 0 Å². The molecule has 2 nitrogen and oxygen atoms in total. The highest BCUT2D eigenvalue weighted by molar-refractivity contribution is 5.33. The minimum atomic E-state index is 0.422. The fourth-order valence-electron chi connectivity index (χ4n) is 2.68. The molecule has 0 aromatic heterocycles.